The number of nitrogens with one attached hydrogen (secondary N) is 2. The Bertz CT molecular complexity index is 878. The Labute approximate surface area is 140 Å². The van der Waals surface area contributed by atoms with E-state index >= 15 is 0 Å². The van der Waals surface area contributed by atoms with E-state index in [1.54, 1.807) is 6.07 Å². The molecule has 0 fully saturated rings. The fraction of sp³-hybridized carbons (Fsp3) is 0.250. The maximum Gasteiger partial charge on any atom is 0.251 e. The van der Waals surface area contributed by atoms with Crippen LogP contribution in [0.2, 0.25) is 0 Å². The van der Waals surface area contributed by atoms with Crippen LogP contribution in [0.3, 0.4) is 0 Å². The first-order valence-corrected chi connectivity index (χ1v) is 7.99. The minimum Gasteiger partial charge on any atom is -0.361 e. The molecule has 0 bridgehead atoms. The lowest BCUT2D eigenvalue weighted by atomic mass is 9.84. The lowest BCUT2D eigenvalue weighted by Gasteiger charge is -2.25. The van der Waals surface area contributed by atoms with Gasteiger partial charge in [-0.15, -0.1) is 0 Å². The second-order valence-corrected chi connectivity index (χ2v) is 6.82. The van der Waals surface area contributed by atoms with Crippen LogP contribution >= 0.6 is 0 Å². The summed E-state index contributed by atoms with van der Waals surface area (Å²) in [6.07, 6.45) is 1.89. The zero-order valence-electron chi connectivity index (χ0n) is 14.1. The first-order valence-electron chi connectivity index (χ1n) is 7.99. The molecule has 2 N–H and O–H groups in total. The highest BCUT2D eigenvalue weighted by molar-refractivity contribution is 5.94. The highest BCUT2D eigenvalue weighted by Gasteiger charge is 2.25. The number of aryl methyl sites for hydroxylation is 1. The molecule has 0 saturated heterocycles. The summed E-state index contributed by atoms with van der Waals surface area (Å²) in [5, 5.41) is 3.97. The summed E-state index contributed by atoms with van der Waals surface area (Å²) in [5.74, 6) is -0.352. The van der Waals surface area contributed by atoms with Crippen molar-refractivity contribution in [2.75, 3.05) is 6.54 Å². The molecule has 0 aliphatic rings. The van der Waals surface area contributed by atoms with Crippen molar-refractivity contribution < 1.29 is 9.18 Å². The van der Waals surface area contributed by atoms with Crippen LogP contribution in [0.15, 0.2) is 48.7 Å². The predicted molar refractivity (Wildman–Crippen MR) is 94.8 cm³/mol. The minimum atomic E-state index is -0.281. The number of fused-ring (bicyclic) bond motifs is 1. The molecular formula is C20H21FN2O. The van der Waals surface area contributed by atoms with E-state index in [-0.39, 0.29) is 17.1 Å². The fourth-order valence-electron chi connectivity index (χ4n) is 2.86. The summed E-state index contributed by atoms with van der Waals surface area (Å²) in [7, 11) is 0. The molecular weight excluding hydrogens is 303 g/mol. The molecule has 0 aliphatic carbocycles. The molecule has 0 saturated carbocycles. The molecule has 4 heteroatoms. The van der Waals surface area contributed by atoms with Crippen LogP contribution in [0.1, 0.15) is 35.3 Å². The minimum absolute atomic E-state index is 0.0889. The lowest BCUT2D eigenvalue weighted by molar-refractivity contribution is 0.0946. The van der Waals surface area contributed by atoms with Crippen molar-refractivity contribution in [2.45, 2.75) is 26.2 Å². The van der Waals surface area contributed by atoms with Crippen molar-refractivity contribution >= 4 is 16.8 Å². The van der Waals surface area contributed by atoms with E-state index in [9.17, 15) is 9.18 Å². The normalized spacial score (nSPS) is 11.7. The molecule has 1 aromatic heterocycles. The number of amides is 1. The number of rotatable bonds is 4. The number of hydrogen-bond donors (Lipinski definition) is 2. The Morgan fingerprint density at radius 1 is 1.17 bits per heavy atom. The zero-order chi connectivity index (χ0) is 17.3. The van der Waals surface area contributed by atoms with Gasteiger partial charge in [-0.3, -0.25) is 4.79 Å². The predicted octanol–water partition coefficient (Wildman–Crippen LogP) is 4.32. The van der Waals surface area contributed by atoms with E-state index in [0.717, 1.165) is 22.0 Å². The molecule has 3 rings (SSSR count). The SMILES string of the molecule is Cc1ccc(C(=O)NCC(C)(C)c2c[nH]c3cc(F)ccc23)cc1. The number of carbonyl (C=O) groups is 1. The number of aromatic nitrogens is 1. The molecule has 1 heterocycles. The first kappa shape index (κ1) is 16.2. The molecule has 3 aromatic rings. The Kier molecular flexibility index (Phi) is 4.14. The molecule has 24 heavy (non-hydrogen) atoms. The summed E-state index contributed by atoms with van der Waals surface area (Å²) in [4.78, 5) is 15.4. The number of benzene rings is 2. The van der Waals surface area contributed by atoms with E-state index in [2.05, 4.69) is 24.1 Å². The molecule has 0 spiro atoms. The molecule has 0 radical (unpaired) electrons. The smallest absolute Gasteiger partial charge is 0.251 e. The molecule has 2 aromatic carbocycles. The van der Waals surface area contributed by atoms with Crippen molar-refractivity contribution in [1.82, 2.24) is 10.3 Å². The van der Waals surface area contributed by atoms with Crippen LogP contribution in [-0.2, 0) is 5.41 Å². The van der Waals surface area contributed by atoms with Gasteiger partial charge < -0.3 is 10.3 Å². The van der Waals surface area contributed by atoms with Crippen LogP contribution in [0.25, 0.3) is 10.9 Å². The monoisotopic (exact) mass is 324 g/mol. The van der Waals surface area contributed by atoms with Gasteiger partial charge in [-0.1, -0.05) is 31.5 Å². The molecule has 124 valence electrons. The van der Waals surface area contributed by atoms with Gasteiger partial charge in [-0.05, 0) is 42.8 Å². The van der Waals surface area contributed by atoms with Gasteiger partial charge in [0.1, 0.15) is 5.82 Å². The number of carbonyl (C=O) groups excluding carboxylic acids is 1. The topological polar surface area (TPSA) is 44.9 Å². The summed E-state index contributed by atoms with van der Waals surface area (Å²) in [6.45, 7) is 6.61. The van der Waals surface area contributed by atoms with E-state index in [4.69, 9.17) is 0 Å². The Morgan fingerprint density at radius 3 is 2.58 bits per heavy atom. The van der Waals surface area contributed by atoms with Gasteiger partial charge in [0.05, 0.1) is 0 Å². The largest absolute Gasteiger partial charge is 0.361 e. The third-order valence-electron chi connectivity index (χ3n) is 4.38. The third kappa shape index (κ3) is 3.18. The van der Waals surface area contributed by atoms with Crippen LogP contribution in [0, 0.1) is 12.7 Å². The fourth-order valence-corrected chi connectivity index (χ4v) is 2.86. The highest BCUT2D eigenvalue weighted by Crippen LogP contribution is 2.30. The van der Waals surface area contributed by atoms with Gasteiger partial charge in [-0.2, -0.15) is 0 Å². The zero-order valence-corrected chi connectivity index (χ0v) is 14.1. The average molecular weight is 324 g/mol. The number of hydrogen-bond acceptors (Lipinski definition) is 1. The van der Waals surface area contributed by atoms with Crippen molar-refractivity contribution in [3.05, 3.63) is 71.2 Å². The van der Waals surface area contributed by atoms with Gasteiger partial charge in [0.15, 0.2) is 0 Å². The Morgan fingerprint density at radius 2 is 1.88 bits per heavy atom. The van der Waals surface area contributed by atoms with E-state index in [1.807, 2.05) is 37.4 Å². The lowest BCUT2D eigenvalue weighted by Crippen LogP contribution is -2.36. The quantitative estimate of drug-likeness (QED) is 0.737. The first-order chi connectivity index (χ1) is 11.4. The van der Waals surface area contributed by atoms with Crippen molar-refractivity contribution in [3.63, 3.8) is 0 Å². The Balaban J connectivity index is 1.77. The molecule has 0 aliphatic heterocycles. The summed E-state index contributed by atoms with van der Waals surface area (Å²) in [5.41, 5.74) is 3.32. The van der Waals surface area contributed by atoms with Crippen LogP contribution in [0.4, 0.5) is 4.39 Å². The standard InChI is InChI=1S/C20H21FN2O/c1-13-4-6-14(7-5-13)19(24)23-12-20(2,3)17-11-22-18-10-15(21)8-9-16(17)18/h4-11,22H,12H2,1-3H3,(H,23,24). The second kappa shape index (κ2) is 6.11. The average Bonchev–Trinajstić information content (AvgIpc) is 2.97. The van der Waals surface area contributed by atoms with E-state index < -0.39 is 0 Å². The molecule has 0 unspecified atom stereocenters. The highest BCUT2D eigenvalue weighted by atomic mass is 19.1. The maximum atomic E-state index is 13.3. The van der Waals surface area contributed by atoms with Gasteiger partial charge in [-0.25, -0.2) is 4.39 Å². The van der Waals surface area contributed by atoms with Crippen molar-refractivity contribution in [2.24, 2.45) is 0 Å². The van der Waals surface area contributed by atoms with Crippen molar-refractivity contribution in [3.8, 4) is 0 Å². The summed E-state index contributed by atoms with van der Waals surface area (Å²) < 4.78 is 13.3. The molecule has 3 nitrogen and oxygen atoms in total. The van der Waals surface area contributed by atoms with Gasteiger partial charge in [0, 0.05) is 34.6 Å². The molecule has 1 amide bonds. The van der Waals surface area contributed by atoms with Gasteiger partial charge >= 0.3 is 0 Å². The number of aromatic amines is 1. The van der Waals surface area contributed by atoms with E-state index in [1.165, 1.54) is 12.1 Å². The van der Waals surface area contributed by atoms with Crippen LogP contribution < -0.4 is 5.32 Å². The number of halogens is 1. The second-order valence-electron chi connectivity index (χ2n) is 6.82. The Hall–Kier alpha value is -2.62. The summed E-state index contributed by atoms with van der Waals surface area (Å²) >= 11 is 0. The summed E-state index contributed by atoms with van der Waals surface area (Å²) in [6, 6.07) is 12.2. The van der Waals surface area contributed by atoms with Crippen LogP contribution in [-0.4, -0.2) is 17.4 Å². The maximum absolute atomic E-state index is 13.3. The molecule has 0 atom stereocenters. The number of H-pyrrole nitrogens is 1. The van der Waals surface area contributed by atoms with Crippen molar-refractivity contribution in [1.29, 1.82) is 0 Å². The van der Waals surface area contributed by atoms with E-state index in [0.29, 0.717) is 12.1 Å². The third-order valence-corrected chi connectivity index (χ3v) is 4.38. The van der Waals surface area contributed by atoms with Crippen LogP contribution in [0.5, 0.6) is 0 Å². The van der Waals surface area contributed by atoms with Gasteiger partial charge in [0.2, 0.25) is 0 Å². The van der Waals surface area contributed by atoms with Gasteiger partial charge in [0.25, 0.3) is 5.91 Å².